The summed E-state index contributed by atoms with van der Waals surface area (Å²) in [6.45, 7) is 2.65. The van der Waals surface area contributed by atoms with Crippen LogP contribution in [-0.2, 0) is 16.0 Å². The van der Waals surface area contributed by atoms with Crippen LogP contribution < -0.4 is 5.56 Å². The van der Waals surface area contributed by atoms with Crippen molar-refractivity contribution in [3.05, 3.63) is 46.0 Å². The van der Waals surface area contributed by atoms with Crippen LogP contribution in [0.3, 0.4) is 0 Å². The van der Waals surface area contributed by atoms with Crippen molar-refractivity contribution in [1.29, 1.82) is 0 Å². The molecular formula is C16H20N4O3. The molecule has 2 heterocycles. The molecule has 0 aromatic carbocycles. The summed E-state index contributed by atoms with van der Waals surface area (Å²) in [4.78, 5) is 37.2. The number of rotatable bonds is 6. The zero-order valence-electron chi connectivity index (χ0n) is 13.5. The summed E-state index contributed by atoms with van der Waals surface area (Å²) in [5, 5.41) is 0. The number of nitrogens with one attached hydrogen (secondary N) is 1. The van der Waals surface area contributed by atoms with Crippen LogP contribution in [0.2, 0.25) is 0 Å². The van der Waals surface area contributed by atoms with Crippen LogP contribution >= 0.6 is 0 Å². The van der Waals surface area contributed by atoms with Gasteiger partial charge in [0, 0.05) is 38.2 Å². The number of carbonyl (C=O) groups is 1. The third-order valence-corrected chi connectivity index (χ3v) is 3.51. The average Bonchev–Trinajstić information content (AvgIpc) is 2.56. The molecule has 2 aromatic rings. The monoisotopic (exact) mass is 316 g/mol. The number of aromatic amines is 1. The van der Waals surface area contributed by atoms with Crippen molar-refractivity contribution in [1.82, 2.24) is 19.9 Å². The minimum atomic E-state index is -0.313. The van der Waals surface area contributed by atoms with Crippen molar-refractivity contribution in [2.45, 2.75) is 13.3 Å². The number of ether oxygens (including phenoxy) is 1. The minimum absolute atomic E-state index is 0.0108. The van der Waals surface area contributed by atoms with E-state index in [-0.39, 0.29) is 17.9 Å². The molecule has 7 nitrogen and oxygen atoms in total. The molecule has 0 radical (unpaired) electrons. The standard InChI is InChI=1S/C16H20N4O3/c1-11-12(10-14(21)20(2)8-9-23-3)16(22)19-15(18-11)13-6-4-5-7-17-13/h4-7H,8-10H2,1-3H3,(H,18,19,22). The predicted molar refractivity (Wildman–Crippen MR) is 86.0 cm³/mol. The highest BCUT2D eigenvalue weighted by Crippen LogP contribution is 2.11. The lowest BCUT2D eigenvalue weighted by molar-refractivity contribution is -0.129. The molecule has 2 aromatic heterocycles. The summed E-state index contributed by atoms with van der Waals surface area (Å²) in [6, 6.07) is 5.37. The van der Waals surface area contributed by atoms with Gasteiger partial charge >= 0.3 is 0 Å². The Kier molecular flexibility index (Phi) is 5.59. The fraction of sp³-hybridized carbons (Fsp3) is 0.375. The highest BCUT2D eigenvalue weighted by Gasteiger charge is 2.16. The summed E-state index contributed by atoms with van der Waals surface area (Å²) < 4.78 is 4.94. The van der Waals surface area contributed by atoms with Crippen LogP contribution in [0.4, 0.5) is 0 Å². The predicted octanol–water partition coefficient (Wildman–Crippen LogP) is 0.788. The molecule has 0 unspecified atom stereocenters. The summed E-state index contributed by atoms with van der Waals surface area (Å²) in [5.41, 5.74) is 1.18. The van der Waals surface area contributed by atoms with Crippen molar-refractivity contribution in [2.24, 2.45) is 0 Å². The van der Waals surface area contributed by atoms with Gasteiger partial charge < -0.3 is 14.6 Å². The van der Waals surface area contributed by atoms with Crippen molar-refractivity contribution < 1.29 is 9.53 Å². The Balaban J connectivity index is 2.21. The zero-order valence-corrected chi connectivity index (χ0v) is 13.5. The smallest absolute Gasteiger partial charge is 0.255 e. The van der Waals surface area contributed by atoms with E-state index in [1.807, 2.05) is 6.07 Å². The van der Waals surface area contributed by atoms with Crippen molar-refractivity contribution in [3.8, 4) is 11.5 Å². The molecule has 1 N–H and O–H groups in total. The zero-order chi connectivity index (χ0) is 16.8. The fourth-order valence-electron chi connectivity index (χ4n) is 2.08. The maximum Gasteiger partial charge on any atom is 0.255 e. The van der Waals surface area contributed by atoms with Gasteiger partial charge in [0.25, 0.3) is 5.56 Å². The largest absolute Gasteiger partial charge is 0.383 e. The number of hydrogen-bond acceptors (Lipinski definition) is 5. The number of methoxy groups -OCH3 is 1. The molecule has 0 spiro atoms. The van der Waals surface area contributed by atoms with Gasteiger partial charge in [0.2, 0.25) is 5.91 Å². The van der Waals surface area contributed by atoms with Crippen LogP contribution in [0.25, 0.3) is 11.5 Å². The number of carbonyl (C=O) groups excluding carboxylic acids is 1. The van der Waals surface area contributed by atoms with Gasteiger partial charge in [0.15, 0.2) is 5.82 Å². The number of H-pyrrole nitrogens is 1. The second kappa shape index (κ2) is 7.64. The molecule has 0 saturated heterocycles. The number of aryl methyl sites for hydroxylation is 1. The van der Waals surface area contributed by atoms with Crippen LogP contribution in [0.5, 0.6) is 0 Å². The lowest BCUT2D eigenvalue weighted by Gasteiger charge is -2.16. The maximum atomic E-state index is 12.3. The van der Waals surface area contributed by atoms with Gasteiger partial charge in [-0.3, -0.25) is 14.6 Å². The Labute approximate surface area is 134 Å². The summed E-state index contributed by atoms with van der Waals surface area (Å²) in [6.07, 6.45) is 1.64. The molecule has 23 heavy (non-hydrogen) atoms. The van der Waals surface area contributed by atoms with Gasteiger partial charge in [0.1, 0.15) is 5.69 Å². The van der Waals surface area contributed by atoms with E-state index in [1.54, 1.807) is 39.4 Å². The topological polar surface area (TPSA) is 88.2 Å². The third-order valence-electron chi connectivity index (χ3n) is 3.51. The summed E-state index contributed by atoms with van der Waals surface area (Å²) >= 11 is 0. The number of hydrogen-bond donors (Lipinski definition) is 1. The molecule has 7 heteroatoms. The number of likely N-dealkylation sites (N-methyl/N-ethyl adjacent to an activating group) is 1. The highest BCUT2D eigenvalue weighted by molar-refractivity contribution is 5.78. The molecule has 0 atom stereocenters. The van der Waals surface area contributed by atoms with Gasteiger partial charge in [-0.15, -0.1) is 0 Å². The number of nitrogens with zero attached hydrogens (tertiary/aromatic N) is 3. The number of aromatic nitrogens is 3. The van der Waals surface area contributed by atoms with Crippen LogP contribution in [-0.4, -0.2) is 53.1 Å². The number of amides is 1. The SMILES string of the molecule is COCCN(C)C(=O)Cc1c(C)nc(-c2ccccn2)[nH]c1=O. The van der Waals surface area contributed by atoms with Crippen LogP contribution in [0, 0.1) is 6.92 Å². The van der Waals surface area contributed by atoms with E-state index in [2.05, 4.69) is 15.0 Å². The molecule has 2 rings (SSSR count). The van der Waals surface area contributed by atoms with Gasteiger partial charge in [-0.1, -0.05) is 6.07 Å². The first-order valence-corrected chi connectivity index (χ1v) is 7.27. The summed E-state index contributed by atoms with van der Waals surface area (Å²) in [7, 11) is 3.26. The van der Waals surface area contributed by atoms with Crippen LogP contribution in [0.1, 0.15) is 11.3 Å². The van der Waals surface area contributed by atoms with Gasteiger partial charge in [-0.2, -0.15) is 0 Å². The normalized spacial score (nSPS) is 10.6. The minimum Gasteiger partial charge on any atom is -0.383 e. The fourth-order valence-corrected chi connectivity index (χ4v) is 2.08. The molecule has 0 saturated carbocycles. The Morgan fingerprint density at radius 1 is 1.39 bits per heavy atom. The molecule has 0 aliphatic rings. The Morgan fingerprint density at radius 3 is 2.78 bits per heavy atom. The quantitative estimate of drug-likeness (QED) is 0.851. The molecule has 0 aliphatic heterocycles. The molecule has 0 aliphatic carbocycles. The third kappa shape index (κ3) is 4.23. The first-order chi connectivity index (χ1) is 11.0. The van der Waals surface area contributed by atoms with Gasteiger partial charge in [-0.25, -0.2) is 4.98 Å². The van der Waals surface area contributed by atoms with E-state index in [9.17, 15) is 9.59 Å². The van der Waals surface area contributed by atoms with Crippen LogP contribution in [0.15, 0.2) is 29.2 Å². The Morgan fingerprint density at radius 2 is 2.17 bits per heavy atom. The second-order valence-corrected chi connectivity index (χ2v) is 5.18. The van der Waals surface area contributed by atoms with E-state index in [0.717, 1.165) is 0 Å². The van der Waals surface area contributed by atoms with E-state index < -0.39 is 0 Å². The van der Waals surface area contributed by atoms with Crippen molar-refractivity contribution in [2.75, 3.05) is 27.3 Å². The van der Waals surface area contributed by atoms with E-state index in [4.69, 9.17) is 4.74 Å². The van der Waals surface area contributed by atoms with E-state index in [1.165, 1.54) is 4.90 Å². The van der Waals surface area contributed by atoms with E-state index in [0.29, 0.717) is 35.9 Å². The molecular weight excluding hydrogens is 296 g/mol. The van der Waals surface area contributed by atoms with E-state index >= 15 is 0 Å². The first kappa shape index (κ1) is 16.8. The lowest BCUT2D eigenvalue weighted by atomic mass is 10.1. The number of pyridine rings is 1. The van der Waals surface area contributed by atoms with Gasteiger partial charge in [0.05, 0.1) is 13.0 Å². The van der Waals surface area contributed by atoms with Crippen molar-refractivity contribution >= 4 is 5.91 Å². The first-order valence-electron chi connectivity index (χ1n) is 7.27. The highest BCUT2D eigenvalue weighted by atomic mass is 16.5. The molecule has 0 bridgehead atoms. The Hall–Kier alpha value is -2.54. The Bertz CT molecular complexity index is 728. The lowest BCUT2D eigenvalue weighted by Crippen LogP contribution is -2.33. The maximum absolute atomic E-state index is 12.3. The molecule has 1 amide bonds. The molecule has 122 valence electrons. The summed E-state index contributed by atoms with van der Waals surface area (Å²) in [5.74, 6) is 0.250. The van der Waals surface area contributed by atoms with Gasteiger partial charge in [-0.05, 0) is 19.1 Å². The molecule has 0 fully saturated rings. The van der Waals surface area contributed by atoms with Crippen molar-refractivity contribution in [3.63, 3.8) is 0 Å². The average molecular weight is 316 g/mol. The second-order valence-electron chi connectivity index (χ2n) is 5.18.